The van der Waals surface area contributed by atoms with E-state index in [1.54, 1.807) is 0 Å². The zero-order valence-corrected chi connectivity index (χ0v) is 11.8. The molecular weight excluding hydrogens is 281 g/mol. The number of hydrogen-bond acceptors (Lipinski definition) is 4. The van der Waals surface area contributed by atoms with Crippen LogP contribution in [-0.4, -0.2) is 42.1 Å². The standard InChI is InChI=1S/C14H17F3N4/c1-2-12(9-18)20-5-7-21(8-6-20)13-4-3-11(10-19-13)14(15,16)17/h3-4,10,12H,2,5-8H2,1H3. The summed E-state index contributed by atoms with van der Waals surface area (Å²) in [4.78, 5) is 7.94. The molecule has 0 spiro atoms. The zero-order valence-electron chi connectivity index (χ0n) is 11.8. The van der Waals surface area contributed by atoms with Crippen molar-refractivity contribution in [1.82, 2.24) is 9.88 Å². The Labute approximate surface area is 121 Å². The third kappa shape index (κ3) is 3.64. The second kappa shape index (κ2) is 6.31. The van der Waals surface area contributed by atoms with Gasteiger partial charge in [-0.1, -0.05) is 6.92 Å². The number of rotatable bonds is 3. The van der Waals surface area contributed by atoms with Crippen LogP contribution in [0, 0.1) is 11.3 Å². The van der Waals surface area contributed by atoms with Gasteiger partial charge in [-0.3, -0.25) is 4.90 Å². The van der Waals surface area contributed by atoms with E-state index in [1.807, 2.05) is 11.8 Å². The maximum Gasteiger partial charge on any atom is 0.417 e. The SMILES string of the molecule is CCC(C#N)N1CCN(c2ccc(C(F)(F)F)cn2)CC1. The van der Waals surface area contributed by atoms with Crippen LogP contribution in [0.25, 0.3) is 0 Å². The minimum absolute atomic E-state index is 0.0901. The molecule has 1 saturated heterocycles. The summed E-state index contributed by atoms with van der Waals surface area (Å²) in [6.07, 6.45) is -2.72. The van der Waals surface area contributed by atoms with Crippen molar-refractivity contribution in [3.63, 3.8) is 0 Å². The number of alkyl halides is 3. The average molecular weight is 298 g/mol. The molecule has 1 aromatic rings. The Morgan fingerprint density at radius 1 is 1.29 bits per heavy atom. The van der Waals surface area contributed by atoms with E-state index in [0.29, 0.717) is 18.9 Å². The normalized spacial score (nSPS) is 18.3. The highest BCUT2D eigenvalue weighted by Gasteiger charge is 2.31. The largest absolute Gasteiger partial charge is 0.417 e. The quantitative estimate of drug-likeness (QED) is 0.860. The van der Waals surface area contributed by atoms with Crippen molar-refractivity contribution in [1.29, 1.82) is 5.26 Å². The first kappa shape index (κ1) is 15.6. The molecule has 1 aliphatic heterocycles. The highest BCUT2D eigenvalue weighted by atomic mass is 19.4. The van der Waals surface area contributed by atoms with Gasteiger partial charge in [0.15, 0.2) is 0 Å². The molecule has 1 fully saturated rings. The summed E-state index contributed by atoms with van der Waals surface area (Å²) in [5.74, 6) is 0.549. The third-order valence-corrected chi connectivity index (χ3v) is 3.69. The number of hydrogen-bond donors (Lipinski definition) is 0. The summed E-state index contributed by atoms with van der Waals surface area (Å²) in [5, 5.41) is 9.04. The van der Waals surface area contributed by atoms with Crippen molar-refractivity contribution < 1.29 is 13.2 Å². The van der Waals surface area contributed by atoms with E-state index in [1.165, 1.54) is 6.07 Å². The van der Waals surface area contributed by atoms with E-state index in [2.05, 4.69) is 16.0 Å². The summed E-state index contributed by atoms with van der Waals surface area (Å²) in [7, 11) is 0. The maximum atomic E-state index is 12.5. The van der Waals surface area contributed by atoms with E-state index >= 15 is 0 Å². The van der Waals surface area contributed by atoms with Crippen molar-refractivity contribution in [2.45, 2.75) is 25.6 Å². The monoisotopic (exact) mass is 298 g/mol. The molecule has 0 aromatic carbocycles. The van der Waals surface area contributed by atoms with Crippen molar-refractivity contribution in [2.75, 3.05) is 31.1 Å². The molecular formula is C14H17F3N4. The van der Waals surface area contributed by atoms with Crippen LogP contribution >= 0.6 is 0 Å². The molecule has 0 N–H and O–H groups in total. The highest BCUT2D eigenvalue weighted by molar-refractivity contribution is 5.40. The van der Waals surface area contributed by atoms with Gasteiger partial charge in [-0.05, 0) is 18.6 Å². The Hall–Kier alpha value is -1.81. The van der Waals surface area contributed by atoms with Crippen LogP contribution in [0.15, 0.2) is 18.3 Å². The van der Waals surface area contributed by atoms with E-state index in [4.69, 9.17) is 5.26 Å². The van der Waals surface area contributed by atoms with Gasteiger partial charge in [-0.15, -0.1) is 0 Å². The van der Waals surface area contributed by atoms with Crippen molar-refractivity contribution in [3.8, 4) is 6.07 Å². The van der Waals surface area contributed by atoms with Crippen LogP contribution in [0.4, 0.5) is 19.0 Å². The highest BCUT2D eigenvalue weighted by Crippen LogP contribution is 2.29. The van der Waals surface area contributed by atoms with Gasteiger partial charge in [-0.25, -0.2) is 4.98 Å². The Morgan fingerprint density at radius 2 is 1.95 bits per heavy atom. The molecule has 0 bridgehead atoms. The molecule has 1 unspecified atom stereocenters. The van der Waals surface area contributed by atoms with Gasteiger partial charge in [0.2, 0.25) is 0 Å². The number of pyridine rings is 1. The van der Waals surface area contributed by atoms with Crippen LogP contribution in [0.1, 0.15) is 18.9 Å². The molecule has 2 heterocycles. The number of piperazine rings is 1. The first-order chi connectivity index (χ1) is 9.95. The van der Waals surface area contributed by atoms with Crippen LogP contribution in [0.5, 0.6) is 0 Å². The lowest BCUT2D eigenvalue weighted by molar-refractivity contribution is -0.137. The molecule has 4 nitrogen and oxygen atoms in total. The lowest BCUT2D eigenvalue weighted by Gasteiger charge is -2.37. The topological polar surface area (TPSA) is 43.2 Å². The molecule has 1 aromatic heterocycles. The molecule has 7 heteroatoms. The molecule has 0 saturated carbocycles. The summed E-state index contributed by atoms with van der Waals surface area (Å²) < 4.78 is 37.5. The number of nitrogens with zero attached hydrogens (tertiary/aromatic N) is 4. The second-order valence-corrected chi connectivity index (χ2v) is 4.98. The minimum atomic E-state index is -4.36. The molecule has 0 radical (unpaired) electrons. The minimum Gasteiger partial charge on any atom is -0.354 e. The van der Waals surface area contributed by atoms with Gasteiger partial charge in [0.1, 0.15) is 5.82 Å². The zero-order chi connectivity index (χ0) is 15.5. The second-order valence-electron chi connectivity index (χ2n) is 4.98. The van der Waals surface area contributed by atoms with Crippen molar-refractivity contribution in [3.05, 3.63) is 23.9 Å². The van der Waals surface area contributed by atoms with Gasteiger partial charge in [0.25, 0.3) is 0 Å². The smallest absolute Gasteiger partial charge is 0.354 e. The first-order valence-electron chi connectivity index (χ1n) is 6.87. The summed E-state index contributed by atoms with van der Waals surface area (Å²) in [6.45, 7) is 4.73. The summed E-state index contributed by atoms with van der Waals surface area (Å²) in [5.41, 5.74) is -0.736. The molecule has 0 aliphatic carbocycles. The van der Waals surface area contributed by atoms with Crippen LogP contribution < -0.4 is 4.90 Å². The average Bonchev–Trinajstić information content (AvgIpc) is 2.48. The van der Waals surface area contributed by atoms with Gasteiger partial charge in [0.05, 0.1) is 17.7 Å². The Bertz CT molecular complexity index is 498. The predicted octanol–water partition coefficient (Wildman–Crippen LogP) is 2.52. The van der Waals surface area contributed by atoms with Crippen LogP contribution in [0.2, 0.25) is 0 Å². The predicted molar refractivity (Wildman–Crippen MR) is 72.7 cm³/mol. The fourth-order valence-corrected chi connectivity index (χ4v) is 2.43. The van der Waals surface area contributed by atoms with E-state index in [-0.39, 0.29) is 6.04 Å². The van der Waals surface area contributed by atoms with Crippen molar-refractivity contribution >= 4 is 5.82 Å². The number of aromatic nitrogens is 1. The Morgan fingerprint density at radius 3 is 2.38 bits per heavy atom. The number of anilines is 1. The fraction of sp³-hybridized carbons (Fsp3) is 0.571. The lowest BCUT2D eigenvalue weighted by Crippen LogP contribution is -2.50. The maximum absolute atomic E-state index is 12.5. The van der Waals surface area contributed by atoms with Crippen LogP contribution in [0.3, 0.4) is 0 Å². The van der Waals surface area contributed by atoms with E-state index in [0.717, 1.165) is 31.8 Å². The van der Waals surface area contributed by atoms with Gasteiger partial charge in [0, 0.05) is 32.4 Å². The van der Waals surface area contributed by atoms with Crippen LogP contribution in [-0.2, 0) is 6.18 Å². The van der Waals surface area contributed by atoms with Gasteiger partial charge < -0.3 is 4.90 Å². The van der Waals surface area contributed by atoms with E-state index < -0.39 is 11.7 Å². The third-order valence-electron chi connectivity index (χ3n) is 3.69. The summed E-state index contributed by atoms with van der Waals surface area (Å²) >= 11 is 0. The fourth-order valence-electron chi connectivity index (χ4n) is 2.43. The molecule has 21 heavy (non-hydrogen) atoms. The number of halogens is 3. The first-order valence-corrected chi connectivity index (χ1v) is 6.87. The molecule has 2 rings (SSSR count). The van der Waals surface area contributed by atoms with Gasteiger partial charge >= 0.3 is 6.18 Å². The summed E-state index contributed by atoms with van der Waals surface area (Å²) in [6, 6.07) is 4.63. The van der Waals surface area contributed by atoms with Gasteiger partial charge in [-0.2, -0.15) is 18.4 Å². The van der Waals surface area contributed by atoms with E-state index in [9.17, 15) is 13.2 Å². The molecule has 1 atom stereocenters. The lowest BCUT2D eigenvalue weighted by atomic mass is 10.2. The van der Waals surface area contributed by atoms with Crippen molar-refractivity contribution in [2.24, 2.45) is 0 Å². The number of nitriles is 1. The molecule has 1 aliphatic rings. The molecule has 114 valence electrons. The Kier molecular flexibility index (Phi) is 4.68. The Balaban J connectivity index is 1.98. The molecule has 0 amide bonds.